The lowest BCUT2D eigenvalue weighted by Gasteiger charge is -2.09. The first-order valence-corrected chi connectivity index (χ1v) is 9.65. The Kier molecular flexibility index (Phi) is 4.82. The van der Waals surface area contributed by atoms with E-state index in [0.717, 1.165) is 10.8 Å². The van der Waals surface area contributed by atoms with Gasteiger partial charge in [0.2, 0.25) is 5.88 Å². The summed E-state index contributed by atoms with van der Waals surface area (Å²) in [4.78, 5) is 16.8. The number of hydrogen-bond acceptors (Lipinski definition) is 5. The third-order valence-corrected chi connectivity index (χ3v) is 4.76. The van der Waals surface area contributed by atoms with Gasteiger partial charge in [-0.1, -0.05) is 36.4 Å². The fourth-order valence-corrected chi connectivity index (χ4v) is 3.25. The molecule has 2 heterocycles. The minimum atomic E-state index is -0.161. The molecule has 1 amide bonds. The Balaban J connectivity index is 1.27. The quantitative estimate of drug-likeness (QED) is 0.450. The van der Waals surface area contributed by atoms with Gasteiger partial charge in [-0.3, -0.25) is 9.36 Å². The van der Waals surface area contributed by atoms with E-state index in [1.807, 2.05) is 42.5 Å². The topological polar surface area (TPSA) is 81.9 Å². The molecule has 0 aliphatic carbocycles. The van der Waals surface area contributed by atoms with Crippen LogP contribution in [0.5, 0.6) is 11.6 Å². The van der Waals surface area contributed by atoms with Gasteiger partial charge < -0.3 is 10.1 Å². The summed E-state index contributed by atoms with van der Waals surface area (Å²) < 4.78 is 7.50. The Bertz CT molecular complexity index is 1330. The number of nitrogens with one attached hydrogen (secondary N) is 1. The van der Waals surface area contributed by atoms with Gasteiger partial charge in [0.25, 0.3) is 5.91 Å². The summed E-state index contributed by atoms with van der Waals surface area (Å²) in [6, 6.07) is 24.1. The zero-order valence-electron chi connectivity index (χ0n) is 16.3. The van der Waals surface area contributed by atoms with Crippen LogP contribution < -0.4 is 10.1 Å². The lowest BCUT2D eigenvalue weighted by molar-refractivity contribution is 0.102. The molecular formula is C24H17N5O2. The van der Waals surface area contributed by atoms with E-state index in [4.69, 9.17) is 4.74 Å². The predicted molar refractivity (Wildman–Crippen MR) is 118 cm³/mol. The van der Waals surface area contributed by atoms with Crippen LogP contribution in [0.3, 0.4) is 0 Å². The number of amides is 1. The van der Waals surface area contributed by atoms with Crippen LogP contribution in [0.15, 0.2) is 97.6 Å². The van der Waals surface area contributed by atoms with Crippen molar-refractivity contribution in [3.63, 3.8) is 0 Å². The van der Waals surface area contributed by atoms with Crippen LogP contribution in [0.2, 0.25) is 0 Å². The lowest BCUT2D eigenvalue weighted by atomic mass is 10.0. The molecule has 0 bridgehead atoms. The van der Waals surface area contributed by atoms with Gasteiger partial charge in [0.1, 0.15) is 12.1 Å². The summed E-state index contributed by atoms with van der Waals surface area (Å²) >= 11 is 0. The average molecular weight is 407 g/mol. The Labute approximate surface area is 178 Å². The van der Waals surface area contributed by atoms with Crippen molar-refractivity contribution in [2.75, 3.05) is 5.32 Å². The molecule has 0 radical (unpaired) electrons. The van der Waals surface area contributed by atoms with Crippen LogP contribution in [-0.2, 0) is 0 Å². The second-order valence-electron chi connectivity index (χ2n) is 6.81. The molecule has 7 heteroatoms. The number of imidazole rings is 1. The molecule has 5 rings (SSSR count). The number of rotatable bonds is 5. The van der Waals surface area contributed by atoms with Crippen LogP contribution in [0.25, 0.3) is 16.6 Å². The summed E-state index contributed by atoms with van der Waals surface area (Å²) in [5, 5.41) is 13.1. The maximum Gasteiger partial charge on any atom is 0.256 e. The van der Waals surface area contributed by atoms with Gasteiger partial charge in [-0.15, -0.1) is 10.2 Å². The molecule has 150 valence electrons. The molecule has 2 aromatic heterocycles. The number of hydrogen-bond donors (Lipinski definition) is 1. The van der Waals surface area contributed by atoms with Crippen molar-refractivity contribution in [1.29, 1.82) is 0 Å². The van der Waals surface area contributed by atoms with E-state index in [1.54, 1.807) is 59.7 Å². The third kappa shape index (κ3) is 3.97. The molecule has 0 aliphatic heterocycles. The average Bonchev–Trinajstić information content (AvgIpc) is 3.35. The zero-order valence-corrected chi connectivity index (χ0v) is 16.3. The van der Waals surface area contributed by atoms with E-state index >= 15 is 0 Å². The van der Waals surface area contributed by atoms with Gasteiger partial charge in [-0.25, -0.2) is 4.98 Å². The lowest BCUT2D eigenvalue weighted by Crippen LogP contribution is -2.12. The number of ether oxygens (including phenoxy) is 1. The Morgan fingerprint density at radius 1 is 0.871 bits per heavy atom. The number of carbonyl (C=O) groups excluding carboxylic acids is 1. The maximum atomic E-state index is 12.8. The molecule has 0 aliphatic rings. The van der Waals surface area contributed by atoms with Gasteiger partial charge in [0.05, 0.1) is 0 Å². The number of anilines is 1. The molecule has 5 aromatic rings. The maximum absolute atomic E-state index is 12.8. The third-order valence-electron chi connectivity index (χ3n) is 4.76. The predicted octanol–water partition coefficient (Wildman–Crippen LogP) is 4.86. The first kappa shape index (κ1) is 18.5. The molecule has 0 saturated heterocycles. The Morgan fingerprint density at radius 3 is 2.48 bits per heavy atom. The highest BCUT2D eigenvalue weighted by atomic mass is 16.5. The Morgan fingerprint density at radius 2 is 1.71 bits per heavy atom. The normalized spacial score (nSPS) is 10.7. The summed E-state index contributed by atoms with van der Waals surface area (Å²) in [5.74, 6) is 1.45. The molecule has 7 nitrogen and oxygen atoms in total. The molecular weight excluding hydrogens is 390 g/mol. The van der Waals surface area contributed by atoms with Crippen molar-refractivity contribution >= 4 is 22.4 Å². The highest BCUT2D eigenvalue weighted by Crippen LogP contribution is 2.23. The second-order valence-corrected chi connectivity index (χ2v) is 6.81. The summed E-state index contributed by atoms with van der Waals surface area (Å²) in [6.45, 7) is 0. The van der Waals surface area contributed by atoms with E-state index in [-0.39, 0.29) is 5.91 Å². The van der Waals surface area contributed by atoms with Crippen molar-refractivity contribution < 1.29 is 9.53 Å². The van der Waals surface area contributed by atoms with E-state index in [1.165, 1.54) is 0 Å². The molecule has 0 unspecified atom stereocenters. The standard InChI is InChI=1S/C24H17N5O2/c30-24(21-7-3-5-17-4-1-2-6-20(17)21)26-18-8-10-19(11-9-18)31-23-13-12-22(27-28-23)29-15-14-25-16-29/h1-16H,(H,26,30). The molecule has 31 heavy (non-hydrogen) atoms. The Hall–Kier alpha value is -4.52. The van der Waals surface area contributed by atoms with Crippen LogP contribution in [0, 0.1) is 0 Å². The summed E-state index contributed by atoms with van der Waals surface area (Å²) in [7, 11) is 0. The molecule has 3 aromatic carbocycles. The van der Waals surface area contributed by atoms with Crippen LogP contribution in [-0.4, -0.2) is 25.7 Å². The number of carbonyl (C=O) groups is 1. The van der Waals surface area contributed by atoms with Crippen molar-refractivity contribution in [3.05, 3.63) is 103 Å². The van der Waals surface area contributed by atoms with Crippen molar-refractivity contribution in [2.45, 2.75) is 0 Å². The zero-order chi connectivity index (χ0) is 21.0. The van der Waals surface area contributed by atoms with Gasteiger partial charge in [-0.05, 0) is 47.2 Å². The largest absolute Gasteiger partial charge is 0.438 e. The number of benzene rings is 3. The first-order valence-electron chi connectivity index (χ1n) is 9.65. The van der Waals surface area contributed by atoms with E-state index in [2.05, 4.69) is 20.5 Å². The van der Waals surface area contributed by atoms with Gasteiger partial charge >= 0.3 is 0 Å². The smallest absolute Gasteiger partial charge is 0.256 e. The van der Waals surface area contributed by atoms with Crippen molar-refractivity contribution in [2.24, 2.45) is 0 Å². The highest BCUT2D eigenvalue weighted by molar-refractivity contribution is 6.12. The SMILES string of the molecule is O=C(Nc1ccc(Oc2ccc(-n3ccnc3)nn2)cc1)c1cccc2ccccc12. The van der Waals surface area contributed by atoms with Crippen LogP contribution in [0.4, 0.5) is 5.69 Å². The van der Waals surface area contributed by atoms with E-state index in [9.17, 15) is 4.79 Å². The second kappa shape index (κ2) is 8.08. The first-order chi connectivity index (χ1) is 15.3. The molecule has 0 fully saturated rings. The van der Waals surface area contributed by atoms with Gasteiger partial charge in [0.15, 0.2) is 5.82 Å². The summed E-state index contributed by atoms with van der Waals surface area (Å²) in [6.07, 6.45) is 5.11. The number of fused-ring (bicyclic) bond motifs is 1. The molecule has 0 atom stereocenters. The minimum absolute atomic E-state index is 0.161. The number of aromatic nitrogens is 4. The van der Waals surface area contributed by atoms with Crippen LogP contribution >= 0.6 is 0 Å². The molecule has 0 spiro atoms. The molecule has 1 N–H and O–H groups in total. The fourth-order valence-electron chi connectivity index (χ4n) is 3.25. The van der Waals surface area contributed by atoms with Crippen molar-refractivity contribution in [3.8, 4) is 17.4 Å². The van der Waals surface area contributed by atoms with Gasteiger partial charge in [0, 0.05) is 29.7 Å². The van der Waals surface area contributed by atoms with Crippen molar-refractivity contribution in [1.82, 2.24) is 19.7 Å². The highest BCUT2D eigenvalue weighted by Gasteiger charge is 2.10. The van der Waals surface area contributed by atoms with Gasteiger partial charge in [-0.2, -0.15) is 0 Å². The molecule has 0 saturated carbocycles. The monoisotopic (exact) mass is 407 g/mol. The van der Waals surface area contributed by atoms with E-state index < -0.39 is 0 Å². The summed E-state index contributed by atoms with van der Waals surface area (Å²) in [5.41, 5.74) is 1.30. The number of nitrogens with zero attached hydrogens (tertiary/aromatic N) is 4. The minimum Gasteiger partial charge on any atom is -0.438 e. The fraction of sp³-hybridized carbons (Fsp3) is 0. The van der Waals surface area contributed by atoms with Crippen LogP contribution in [0.1, 0.15) is 10.4 Å². The van der Waals surface area contributed by atoms with E-state index in [0.29, 0.717) is 28.7 Å².